The Balaban J connectivity index is 1.23. The first kappa shape index (κ1) is 33.8. The molecule has 2 saturated carbocycles. The largest absolute Gasteiger partial charge is 0.479 e. The smallest absolute Gasteiger partial charge is 0.410 e. The fourth-order valence-corrected chi connectivity index (χ4v) is 7.86. The van der Waals surface area contributed by atoms with E-state index >= 15 is 0 Å². The van der Waals surface area contributed by atoms with Crippen LogP contribution in [0.1, 0.15) is 96.1 Å². The second-order valence-corrected chi connectivity index (χ2v) is 15.2. The van der Waals surface area contributed by atoms with E-state index < -0.39 is 59.3 Å². The van der Waals surface area contributed by atoms with E-state index in [-0.39, 0.29) is 30.7 Å². The molecule has 1 spiro atoms. The Morgan fingerprint density at radius 1 is 1.06 bits per heavy atom. The van der Waals surface area contributed by atoms with Crippen LogP contribution in [0.5, 0.6) is 0 Å². The number of amides is 4. The van der Waals surface area contributed by atoms with Gasteiger partial charge in [0, 0.05) is 30.8 Å². The summed E-state index contributed by atoms with van der Waals surface area (Å²) in [4.78, 5) is 70.1. The molecule has 2 aliphatic carbocycles. The molecule has 260 valence electrons. The number of hydrogen-bond donors (Lipinski definition) is 3. The standard InChI is InChI=1S/C36H48N4O8/c1-34(2,3)48-32(45)37-27-15-8-6-4-5-7-13-24-19-36(24,31(43)44)38-29(41)28-18-25(21-40(28)30(27)42)47-33(46)39-20-23-12-9-10-14-26(23)35(22-39)16-11-17-35/h7,9-10,12-14,24-25,27-28H,4-6,8,11,15-22H2,1-3H3,(H,37,45)(H,38,41)(H,43,44)/t24-,25-,27+,28+,36-/m1/s1. The minimum Gasteiger partial charge on any atom is -0.479 e. The second-order valence-electron chi connectivity index (χ2n) is 15.2. The summed E-state index contributed by atoms with van der Waals surface area (Å²) in [5.41, 5.74) is 0.0602. The predicted octanol–water partition coefficient (Wildman–Crippen LogP) is 4.40. The van der Waals surface area contributed by atoms with Crippen LogP contribution in [0.4, 0.5) is 9.59 Å². The Labute approximate surface area is 281 Å². The van der Waals surface area contributed by atoms with Crippen molar-refractivity contribution >= 4 is 30.0 Å². The number of carbonyl (C=O) groups excluding carboxylic acids is 4. The third-order valence-electron chi connectivity index (χ3n) is 10.6. The van der Waals surface area contributed by atoms with Gasteiger partial charge < -0.3 is 35.0 Å². The molecule has 4 amide bonds. The number of allylic oxidation sites excluding steroid dienone is 1. The van der Waals surface area contributed by atoms with E-state index in [1.165, 1.54) is 10.5 Å². The van der Waals surface area contributed by atoms with Gasteiger partial charge in [0.15, 0.2) is 0 Å². The van der Waals surface area contributed by atoms with E-state index in [1.54, 1.807) is 25.7 Å². The molecule has 1 aromatic rings. The lowest BCUT2D eigenvalue weighted by atomic mass is 9.61. The number of benzene rings is 1. The van der Waals surface area contributed by atoms with Crippen molar-refractivity contribution < 1.29 is 38.6 Å². The van der Waals surface area contributed by atoms with Crippen molar-refractivity contribution in [3.05, 3.63) is 47.5 Å². The zero-order chi connectivity index (χ0) is 34.3. The van der Waals surface area contributed by atoms with Crippen LogP contribution in [0, 0.1) is 5.92 Å². The SMILES string of the molecule is CC(C)(C)OC(=O)N[C@H]1CCCCCC=C[C@@H]2C[C@@]2(C(=O)O)NC(=O)[C@@H]2C[C@@H](OC(=O)N3Cc4ccccc4C4(CCC4)C3)CN2C1=O. The van der Waals surface area contributed by atoms with Gasteiger partial charge in [-0.05, 0) is 70.4 Å². The van der Waals surface area contributed by atoms with Crippen molar-refractivity contribution in [3.63, 3.8) is 0 Å². The van der Waals surface area contributed by atoms with E-state index in [1.807, 2.05) is 30.4 Å². The number of alkyl carbamates (subject to hydrolysis) is 1. The fourth-order valence-electron chi connectivity index (χ4n) is 7.86. The van der Waals surface area contributed by atoms with E-state index in [0.717, 1.165) is 44.1 Å². The highest BCUT2D eigenvalue weighted by atomic mass is 16.6. The van der Waals surface area contributed by atoms with Crippen LogP contribution in [0.3, 0.4) is 0 Å². The molecule has 12 heteroatoms. The van der Waals surface area contributed by atoms with Gasteiger partial charge in [0.25, 0.3) is 0 Å². The van der Waals surface area contributed by atoms with Crippen LogP contribution in [0.15, 0.2) is 36.4 Å². The minimum absolute atomic E-state index is 0.00818. The molecular formula is C36H48N4O8. The van der Waals surface area contributed by atoms with Crippen LogP contribution in [0.25, 0.3) is 0 Å². The van der Waals surface area contributed by atoms with Gasteiger partial charge in [0.2, 0.25) is 11.8 Å². The van der Waals surface area contributed by atoms with Crippen molar-refractivity contribution in [1.82, 2.24) is 20.4 Å². The molecule has 3 heterocycles. The highest BCUT2D eigenvalue weighted by Crippen LogP contribution is 2.48. The van der Waals surface area contributed by atoms with E-state index in [9.17, 15) is 29.1 Å². The lowest BCUT2D eigenvalue weighted by Crippen LogP contribution is -2.56. The monoisotopic (exact) mass is 664 g/mol. The summed E-state index contributed by atoms with van der Waals surface area (Å²) < 4.78 is 11.5. The van der Waals surface area contributed by atoms with Crippen LogP contribution in [0.2, 0.25) is 0 Å². The molecule has 0 aromatic heterocycles. The molecule has 0 radical (unpaired) electrons. The van der Waals surface area contributed by atoms with Gasteiger partial charge in [-0.2, -0.15) is 0 Å². The summed E-state index contributed by atoms with van der Waals surface area (Å²) in [6.07, 6.45) is 8.44. The second kappa shape index (κ2) is 13.1. The van der Waals surface area contributed by atoms with Crippen LogP contribution in [-0.2, 0) is 35.8 Å². The van der Waals surface area contributed by atoms with Crippen LogP contribution < -0.4 is 10.6 Å². The Morgan fingerprint density at radius 2 is 1.83 bits per heavy atom. The van der Waals surface area contributed by atoms with Gasteiger partial charge in [-0.1, -0.05) is 55.7 Å². The number of ether oxygens (including phenoxy) is 2. The first-order valence-corrected chi connectivity index (χ1v) is 17.4. The van der Waals surface area contributed by atoms with Crippen LogP contribution in [-0.4, -0.2) is 87.3 Å². The summed E-state index contributed by atoms with van der Waals surface area (Å²) in [6.45, 7) is 6.09. The topological polar surface area (TPSA) is 155 Å². The van der Waals surface area contributed by atoms with Gasteiger partial charge in [-0.3, -0.25) is 9.59 Å². The molecule has 0 unspecified atom stereocenters. The predicted molar refractivity (Wildman–Crippen MR) is 175 cm³/mol. The van der Waals surface area contributed by atoms with E-state index in [2.05, 4.69) is 16.7 Å². The van der Waals surface area contributed by atoms with Crippen molar-refractivity contribution in [2.24, 2.45) is 5.92 Å². The fraction of sp³-hybridized carbons (Fsp3) is 0.639. The molecule has 3 aliphatic heterocycles. The van der Waals surface area contributed by atoms with Gasteiger partial charge >= 0.3 is 18.2 Å². The van der Waals surface area contributed by atoms with Gasteiger partial charge in [-0.15, -0.1) is 0 Å². The molecule has 0 bridgehead atoms. The molecule has 3 fully saturated rings. The van der Waals surface area contributed by atoms with Crippen LogP contribution >= 0.6 is 0 Å². The quantitative estimate of drug-likeness (QED) is 0.402. The number of rotatable bonds is 3. The molecule has 5 atom stereocenters. The number of carboxylic acids is 1. The molecule has 48 heavy (non-hydrogen) atoms. The summed E-state index contributed by atoms with van der Waals surface area (Å²) in [5.74, 6) is -2.60. The number of carbonyl (C=O) groups is 5. The minimum atomic E-state index is -1.45. The number of fused-ring (bicyclic) bond motifs is 4. The summed E-state index contributed by atoms with van der Waals surface area (Å²) in [5, 5.41) is 15.6. The Kier molecular flexibility index (Phi) is 9.21. The molecule has 6 rings (SSSR count). The Hall–Kier alpha value is -4.09. The highest BCUT2D eigenvalue weighted by molar-refractivity contribution is 5.96. The van der Waals surface area contributed by atoms with Crippen molar-refractivity contribution in [3.8, 4) is 0 Å². The lowest BCUT2D eigenvalue weighted by molar-refractivity contribution is -0.145. The molecular weight excluding hydrogens is 616 g/mol. The molecule has 12 nitrogen and oxygen atoms in total. The van der Waals surface area contributed by atoms with E-state index in [4.69, 9.17) is 9.47 Å². The number of nitrogens with zero attached hydrogens (tertiary/aromatic N) is 2. The first-order valence-electron chi connectivity index (χ1n) is 17.4. The molecule has 1 aromatic carbocycles. The highest BCUT2D eigenvalue weighted by Gasteiger charge is 2.61. The van der Waals surface area contributed by atoms with Gasteiger partial charge in [-0.25, -0.2) is 14.4 Å². The first-order chi connectivity index (χ1) is 22.8. The summed E-state index contributed by atoms with van der Waals surface area (Å²) >= 11 is 0. The number of carboxylic acid groups (broad SMARTS) is 1. The molecule has 3 N–H and O–H groups in total. The van der Waals surface area contributed by atoms with Crippen molar-refractivity contribution in [2.75, 3.05) is 13.1 Å². The normalized spacial score (nSPS) is 30.0. The maximum Gasteiger partial charge on any atom is 0.410 e. The number of hydrogen-bond acceptors (Lipinski definition) is 7. The number of aliphatic carboxylic acids is 1. The third kappa shape index (κ3) is 6.89. The summed E-state index contributed by atoms with van der Waals surface area (Å²) in [7, 11) is 0. The van der Waals surface area contributed by atoms with Gasteiger partial charge in [0.1, 0.15) is 29.3 Å². The number of nitrogens with one attached hydrogen (secondary N) is 2. The summed E-state index contributed by atoms with van der Waals surface area (Å²) in [6, 6.07) is 6.12. The molecule has 1 saturated heterocycles. The van der Waals surface area contributed by atoms with Crippen molar-refractivity contribution in [1.29, 1.82) is 0 Å². The Bertz CT molecular complexity index is 1480. The zero-order valence-electron chi connectivity index (χ0n) is 28.2. The van der Waals surface area contributed by atoms with Crippen molar-refractivity contribution in [2.45, 2.75) is 126 Å². The lowest BCUT2D eigenvalue weighted by Gasteiger charge is -2.49. The zero-order valence-corrected chi connectivity index (χ0v) is 28.2. The maximum atomic E-state index is 14.2. The Morgan fingerprint density at radius 3 is 2.54 bits per heavy atom. The third-order valence-corrected chi connectivity index (χ3v) is 10.6. The average molecular weight is 665 g/mol. The molecule has 5 aliphatic rings. The van der Waals surface area contributed by atoms with E-state index in [0.29, 0.717) is 25.9 Å². The maximum absolute atomic E-state index is 14.2. The average Bonchev–Trinajstić information content (AvgIpc) is 3.54. The van der Waals surface area contributed by atoms with Gasteiger partial charge in [0.05, 0.1) is 6.54 Å².